The van der Waals surface area contributed by atoms with Crippen LogP contribution in [0.15, 0.2) is 59.9 Å². The van der Waals surface area contributed by atoms with E-state index in [2.05, 4.69) is 4.98 Å². The Hall–Kier alpha value is -2.39. The first-order valence-corrected chi connectivity index (χ1v) is 14.2. The predicted octanol–water partition coefficient (Wildman–Crippen LogP) is 5.57. The van der Waals surface area contributed by atoms with Crippen LogP contribution in [0.1, 0.15) is 54.3 Å². The summed E-state index contributed by atoms with van der Waals surface area (Å²) in [4.78, 5) is 19.5. The fourth-order valence-electron chi connectivity index (χ4n) is 4.44. The van der Waals surface area contributed by atoms with Crippen molar-refractivity contribution in [3.63, 3.8) is 0 Å². The molecule has 0 saturated carbocycles. The highest BCUT2D eigenvalue weighted by Crippen LogP contribution is 2.25. The maximum atomic E-state index is 13.5. The number of ether oxygens (including phenoxy) is 1. The molecule has 1 aliphatic heterocycles. The molecule has 1 aromatic heterocycles. The van der Waals surface area contributed by atoms with Crippen LogP contribution in [0.3, 0.4) is 0 Å². The second-order valence-electron chi connectivity index (χ2n) is 9.22. The van der Waals surface area contributed by atoms with E-state index in [1.165, 1.54) is 0 Å². The summed E-state index contributed by atoms with van der Waals surface area (Å²) < 4.78 is 34.2. The van der Waals surface area contributed by atoms with E-state index in [0.717, 1.165) is 12.8 Å². The highest BCUT2D eigenvalue weighted by Gasteiger charge is 2.29. The largest absolute Gasteiger partial charge is 0.376 e. The lowest BCUT2D eigenvalue weighted by molar-refractivity contribution is 0.0500. The van der Waals surface area contributed by atoms with Crippen LogP contribution in [0.25, 0.3) is 0 Å². The molecule has 1 aliphatic rings. The zero-order valence-corrected chi connectivity index (χ0v) is 22.6. The third kappa shape index (κ3) is 6.29. The van der Waals surface area contributed by atoms with Gasteiger partial charge in [-0.2, -0.15) is 0 Å². The number of carbonyl (C=O) groups excluding carboxylic acids is 1. The number of imidazole rings is 1. The van der Waals surface area contributed by atoms with Crippen LogP contribution < -0.4 is 0 Å². The summed E-state index contributed by atoms with van der Waals surface area (Å²) in [5.41, 5.74) is 1.67. The quantitative estimate of drug-likeness (QED) is 0.348. The van der Waals surface area contributed by atoms with Gasteiger partial charge in [0.1, 0.15) is 0 Å². The van der Waals surface area contributed by atoms with Crippen LogP contribution in [-0.2, 0) is 26.9 Å². The van der Waals surface area contributed by atoms with Crippen molar-refractivity contribution >= 4 is 38.9 Å². The lowest BCUT2D eigenvalue weighted by Gasteiger charge is -2.27. The Balaban J connectivity index is 1.66. The lowest BCUT2D eigenvalue weighted by atomic mass is 10.1. The Kier molecular flexibility index (Phi) is 8.40. The van der Waals surface area contributed by atoms with Crippen molar-refractivity contribution in [3.05, 3.63) is 81.6 Å². The van der Waals surface area contributed by atoms with E-state index in [0.29, 0.717) is 40.0 Å². The molecule has 0 unspecified atom stereocenters. The Morgan fingerprint density at radius 2 is 1.89 bits per heavy atom. The number of rotatable bonds is 9. The third-order valence-electron chi connectivity index (χ3n) is 6.04. The monoisotopic (exact) mass is 549 g/mol. The molecular formula is C26H29Cl2N3O4S. The highest BCUT2D eigenvalue weighted by atomic mass is 35.5. The number of halogens is 2. The maximum Gasteiger partial charge on any atom is 0.254 e. The molecule has 192 valence electrons. The zero-order valence-electron chi connectivity index (χ0n) is 20.2. The van der Waals surface area contributed by atoms with Crippen LogP contribution in [0.5, 0.6) is 0 Å². The van der Waals surface area contributed by atoms with E-state index < -0.39 is 9.84 Å². The van der Waals surface area contributed by atoms with Gasteiger partial charge in [0, 0.05) is 34.8 Å². The SMILES string of the molecule is CC(C)n1c(CN(C[C@H]2CCCO2)C(=O)c2cccc(Cl)c2)cnc1S(=O)(=O)Cc1cccc(Cl)c1. The average molecular weight is 551 g/mol. The van der Waals surface area contributed by atoms with Crippen LogP contribution >= 0.6 is 23.2 Å². The summed E-state index contributed by atoms with van der Waals surface area (Å²) in [7, 11) is -3.77. The normalized spacial score (nSPS) is 16.0. The number of sulfone groups is 1. The van der Waals surface area contributed by atoms with Crippen molar-refractivity contribution in [2.45, 2.75) is 56.3 Å². The van der Waals surface area contributed by atoms with E-state index in [9.17, 15) is 13.2 Å². The van der Waals surface area contributed by atoms with Crippen LogP contribution in [0, 0.1) is 0 Å². The summed E-state index contributed by atoms with van der Waals surface area (Å²) in [6, 6.07) is 13.4. The number of carbonyl (C=O) groups is 1. The van der Waals surface area contributed by atoms with Crippen molar-refractivity contribution in [1.82, 2.24) is 14.5 Å². The molecule has 3 aromatic rings. The Labute approximate surface area is 221 Å². The van der Waals surface area contributed by atoms with Crippen molar-refractivity contribution in [2.75, 3.05) is 13.2 Å². The molecule has 0 bridgehead atoms. The molecule has 7 nitrogen and oxygen atoms in total. The van der Waals surface area contributed by atoms with Gasteiger partial charge < -0.3 is 14.2 Å². The fourth-order valence-corrected chi connectivity index (χ4v) is 6.43. The van der Waals surface area contributed by atoms with Crippen LogP contribution in [0.4, 0.5) is 0 Å². The molecule has 1 amide bonds. The molecule has 1 fully saturated rings. The maximum absolute atomic E-state index is 13.5. The van der Waals surface area contributed by atoms with E-state index in [1.807, 2.05) is 13.8 Å². The van der Waals surface area contributed by atoms with E-state index >= 15 is 0 Å². The van der Waals surface area contributed by atoms with Crippen molar-refractivity contribution in [1.29, 1.82) is 0 Å². The van der Waals surface area contributed by atoms with E-state index in [1.54, 1.807) is 64.2 Å². The molecular weight excluding hydrogens is 521 g/mol. The molecule has 2 heterocycles. The van der Waals surface area contributed by atoms with E-state index in [4.69, 9.17) is 27.9 Å². The number of hydrogen-bond acceptors (Lipinski definition) is 5. The van der Waals surface area contributed by atoms with Gasteiger partial charge in [-0.1, -0.05) is 41.4 Å². The van der Waals surface area contributed by atoms with Gasteiger partial charge >= 0.3 is 0 Å². The summed E-state index contributed by atoms with van der Waals surface area (Å²) >= 11 is 12.2. The van der Waals surface area contributed by atoms with Crippen molar-refractivity contribution in [3.8, 4) is 0 Å². The molecule has 1 saturated heterocycles. The van der Waals surface area contributed by atoms with Crippen LogP contribution in [-0.4, -0.2) is 48.0 Å². The molecule has 2 aromatic carbocycles. The molecule has 10 heteroatoms. The molecule has 36 heavy (non-hydrogen) atoms. The number of hydrogen-bond donors (Lipinski definition) is 0. The topological polar surface area (TPSA) is 81.5 Å². The van der Waals surface area contributed by atoms with Crippen molar-refractivity contribution in [2.24, 2.45) is 0 Å². The minimum absolute atomic E-state index is 0.0280. The minimum Gasteiger partial charge on any atom is -0.376 e. The zero-order chi connectivity index (χ0) is 25.9. The van der Waals surface area contributed by atoms with Crippen LogP contribution in [0.2, 0.25) is 10.0 Å². The van der Waals surface area contributed by atoms with Gasteiger partial charge in [0.15, 0.2) is 0 Å². The lowest BCUT2D eigenvalue weighted by Crippen LogP contribution is -2.37. The van der Waals surface area contributed by atoms with Crippen molar-refractivity contribution < 1.29 is 17.9 Å². The Morgan fingerprint density at radius 3 is 2.53 bits per heavy atom. The summed E-state index contributed by atoms with van der Waals surface area (Å²) in [6.45, 7) is 5.03. The van der Waals surface area contributed by atoms with Gasteiger partial charge in [0.2, 0.25) is 15.0 Å². The standard InChI is InChI=1S/C26H29Cl2N3O4S/c1-18(2)31-23(14-29-26(31)36(33,34)17-19-6-3-8-21(27)12-19)15-30(16-24-10-5-11-35-24)25(32)20-7-4-9-22(28)13-20/h3-4,6-9,12-14,18,24H,5,10-11,15-17H2,1-2H3/t24-/m1/s1. The van der Waals surface area contributed by atoms with Gasteiger partial charge in [-0.25, -0.2) is 13.4 Å². The molecule has 0 spiro atoms. The summed E-state index contributed by atoms with van der Waals surface area (Å²) in [5.74, 6) is -0.425. The number of aromatic nitrogens is 2. The molecule has 4 rings (SSSR count). The number of nitrogens with zero attached hydrogens (tertiary/aromatic N) is 3. The summed E-state index contributed by atoms with van der Waals surface area (Å²) in [5, 5.41) is 0.916. The second-order valence-corrected chi connectivity index (χ2v) is 12.0. The van der Waals surface area contributed by atoms with E-state index in [-0.39, 0.29) is 35.5 Å². The molecule has 0 radical (unpaired) electrons. The fraction of sp³-hybridized carbons (Fsp3) is 0.385. The highest BCUT2D eigenvalue weighted by molar-refractivity contribution is 7.90. The first-order valence-electron chi connectivity index (χ1n) is 11.8. The third-order valence-corrected chi connectivity index (χ3v) is 8.08. The molecule has 1 atom stereocenters. The number of benzene rings is 2. The number of amides is 1. The Morgan fingerprint density at radius 1 is 1.17 bits per heavy atom. The van der Waals surface area contributed by atoms with Gasteiger partial charge in [0.05, 0.1) is 30.3 Å². The Bertz CT molecular complexity index is 1330. The van der Waals surface area contributed by atoms with Gasteiger partial charge in [-0.05, 0) is 62.6 Å². The first kappa shape index (κ1) is 26.7. The smallest absolute Gasteiger partial charge is 0.254 e. The van der Waals surface area contributed by atoms with Gasteiger partial charge in [-0.3, -0.25) is 4.79 Å². The second kappa shape index (κ2) is 11.3. The average Bonchev–Trinajstić information content (AvgIpc) is 3.48. The minimum atomic E-state index is -3.77. The first-order chi connectivity index (χ1) is 17.1. The van der Waals surface area contributed by atoms with Gasteiger partial charge in [-0.15, -0.1) is 0 Å². The molecule has 0 N–H and O–H groups in total. The predicted molar refractivity (Wildman–Crippen MR) is 140 cm³/mol. The molecule has 0 aliphatic carbocycles. The summed E-state index contributed by atoms with van der Waals surface area (Å²) in [6.07, 6.45) is 3.27. The van der Waals surface area contributed by atoms with Gasteiger partial charge in [0.25, 0.3) is 5.91 Å².